The molecule has 33 heavy (non-hydrogen) atoms. The minimum Gasteiger partial charge on any atom is -0.470 e. The van der Waals surface area contributed by atoms with Crippen molar-refractivity contribution >= 4 is 11.4 Å². The standard InChI is InChI=1S/C29H26N2O2/c1-3-13-24(14-4-1)30-20-22-11-7-9-17-26(22)32-28(30)19-29-31(25-15-5-2-6-16-25)21-23-12-8-10-18-27(23)33-29/h1-18,28-29H,19-21H2. The number of anilines is 2. The molecule has 0 aromatic heterocycles. The van der Waals surface area contributed by atoms with Crippen molar-refractivity contribution in [2.24, 2.45) is 0 Å². The maximum Gasteiger partial charge on any atom is 0.178 e. The second-order valence-electron chi connectivity index (χ2n) is 8.52. The molecule has 0 saturated heterocycles. The zero-order valence-electron chi connectivity index (χ0n) is 18.4. The van der Waals surface area contributed by atoms with Crippen molar-refractivity contribution in [1.29, 1.82) is 0 Å². The summed E-state index contributed by atoms with van der Waals surface area (Å²) in [5.41, 5.74) is 4.71. The van der Waals surface area contributed by atoms with E-state index in [-0.39, 0.29) is 12.5 Å². The van der Waals surface area contributed by atoms with Crippen molar-refractivity contribution in [3.05, 3.63) is 120 Å². The first-order valence-corrected chi connectivity index (χ1v) is 11.5. The van der Waals surface area contributed by atoms with E-state index in [1.807, 2.05) is 12.1 Å². The van der Waals surface area contributed by atoms with Crippen LogP contribution in [0.1, 0.15) is 17.5 Å². The van der Waals surface area contributed by atoms with Gasteiger partial charge in [-0.05, 0) is 36.4 Å². The SMILES string of the molecule is c1ccc(N2Cc3ccccc3OC2CC2Oc3ccccc3CN2c2ccccc2)cc1. The van der Waals surface area contributed by atoms with Gasteiger partial charge >= 0.3 is 0 Å². The van der Waals surface area contributed by atoms with E-state index < -0.39 is 0 Å². The number of para-hydroxylation sites is 4. The fraction of sp³-hybridized carbons (Fsp3) is 0.172. The largest absolute Gasteiger partial charge is 0.470 e. The van der Waals surface area contributed by atoms with Crippen molar-refractivity contribution < 1.29 is 9.47 Å². The number of hydrogen-bond donors (Lipinski definition) is 0. The highest BCUT2D eigenvalue weighted by molar-refractivity contribution is 5.53. The Morgan fingerprint density at radius 1 is 0.515 bits per heavy atom. The van der Waals surface area contributed by atoms with Gasteiger partial charge in [0.05, 0.1) is 19.5 Å². The Bertz CT molecular complexity index is 1130. The summed E-state index contributed by atoms with van der Waals surface area (Å²) in [6, 6.07) is 37.7. The molecule has 0 aliphatic carbocycles. The number of nitrogens with zero attached hydrogens (tertiary/aromatic N) is 2. The summed E-state index contributed by atoms with van der Waals surface area (Å²) >= 11 is 0. The molecule has 6 rings (SSSR count). The lowest BCUT2D eigenvalue weighted by Gasteiger charge is -2.44. The van der Waals surface area contributed by atoms with Gasteiger partial charge in [0.25, 0.3) is 0 Å². The summed E-state index contributed by atoms with van der Waals surface area (Å²) in [5, 5.41) is 0. The van der Waals surface area contributed by atoms with Crippen molar-refractivity contribution in [2.45, 2.75) is 32.0 Å². The van der Waals surface area contributed by atoms with Gasteiger partial charge in [0, 0.05) is 22.5 Å². The molecule has 2 atom stereocenters. The van der Waals surface area contributed by atoms with E-state index in [0.717, 1.165) is 36.0 Å². The Hall–Kier alpha value is -3.92. The first kappa shape index (κ1) is 19.7. The van der Waals surface area contributed by atoms with Crippen LogP contribution in [-0.2, 0) is 13.1 Å². The molecule has 0 radical (unpaired) electrons. The van der Waals surface area contributed by atoms with Gasteiger partial charge in [-0.2, -0.15) is 0 Å². The van der Waals surface area contributed by atoms with Crippen LogP contribution in [0, 0.1) is 0 Å². The van der Waals surface area contributed by atoms with Crippen molar-refractivity contribution in [1.82, 2.24) is 0 Å². The second-order valence-corrected chi connectivity index (χ2v) is 8.52. The molecule has 2 unspecified atom stereocenters. The fourth-order valence-electron chi connectivity index (χ4n) is 4.77. The Balaban J connectivity index is 1.36. The maximum atomic E-state index is 6.59. The molecule has 0 fully saturated rings. The van der Waals surface area contributed by atoms with E-state index in [1.165, 1.54) is 11.1 Å². The molecule has 4 aromatic rings. The van der Waals surface area contributed by atoms with Crippen molar-refractivity contribution in [3.63, 3.8) is 0 Å². The van der Waals surface area contributed by atoms with E-state index in [0.29, 0.717) is 6.42 Å². The molecule has 0 saturated carbocycles. The third kappa shape index (κ3) is 3.89. The van der Waals surface area contributed by atoms with Gasteiger partial charge < -0.3 is 19.3 Å². The summed E-state index contributed by atoms with van der Waals surface area (Å²) in [5.74, 6) is 1.91. The van der Waals surface area contributed by atoms with Gasteiger partial charge in [-0.25, -0.2) is 0 Å². The average Bonchev–Trinajstić information content (AvgIpc) is 2.89. The molecule has 2 heterocycles. The monoisotopic (exact) mass is 434 g/mol. The van der Waals surface area contributed by atoms with Crippen LogP contribution in [0.15, 0.2) is 109 Å². The highest BCUT2D eigenvalue weighted by Gasteiger charge is 2.35. The van der Waals surface area contributed by atoms with Crippen LogP contribution in [0.2, 0.25) is 0 Å². The Kier molecular flexibility index (Phi) is 5.11. The van der Waals surface area contributed by atoms with Gasteiger partial charge in [0.2, 0.25) is 0 Å². The van der Waals surface area contributed by atoms with E-state index >= 15 is 0 Å². The second kappa shape index (κ2) is 8.55. The first-order valence-electron chi connectivity index (χ1n) is 11.5. The maximum absolute atomic E-state index is 6.59. The van der Waals surface area contributed by atoms with E-state index in [9.17, 15) is 0 Å². The molecule has 0 N–H and O–H groups in total. The Morgan fingerprint density at radius 3 is 1.36 bits per heavy atom. The molecule has 4 aromatic carbocycles. The van der Waals surface area contributed by atoms with Crippen LogP contribution in [-0.4, -0.2) is 12.5 Å². The molecule has 4 nitrogen and oxygen atoms in total. The number of ether oxygens (including phenoxy) is 2. The minimum atomic E-state index is -0.149. The highest BCUT2D eigenvalue weighted by atomic mass is 16.5. The van der Waals surface area contributed by atoms with Crippen molar-refractivity contribution in [3.8, 4) is 11.5 Å². The Labute approximate surface area is 194 Å². The third-order valence-electron chi connectivity index (χ3n) is 6.43. The van der Waals surface area contributed by atoms with Gasteiger partial charge in [0.1, 0.15) is 11.5 Å². The Morgan fingerprint density at radius 2 is 0.909 bits per heavy atom. The molecular weight excluding hydrogens is 408 g/mol. The summed E-state index contributed by atoms with van der Waals surface area (Å²) in [7, 11) is 0. The molecule has 0 amide bonds. The van der Waals surface area contributed by atoms with Gasteiger partial charge in [-0.1, -0.05) is 72.8 Å². The fourth-order valence-corrected chi connectivity index (χ4v) is 4.77. The predicted octanol–water partition coefficient (Wildman–Crippen LogP) is 6.23. The van der Waals surface area contributed by atoms with Crippen LogP contribution in [0.5, 0.6) is 11.5 Å². The normalized spacial score (nSPS) is 19.2. The summed E-state index contributed by atoms with van der Waals surface area (Å²) in [6.07, 6.45) is 0.402. The highest BCUT2D eigenvalue weighted by Crippen LogP contribution is 2.37. The average molecular weight is 435 g/mol. The zero-order valence-corrected chi connectivity index (χ0v) is 18.4. The van der Waals surface area contributed by atoms with E-state index in [4.69, 9.17) is 9.47 Å². The molecule has 0 bridgehead atoms. The lowest BCUT2D eigenvalue weighted by molar-refractivity contribution is 0.0873. The van der Waals surface area contributed by atoms with Crippen LogP contribution < -0.4 is 19.3 Å². The van der Waals surface area contributed by atoms with Crippen LogP contribution in [0.4, 0.5) is 11.4 Å². The lowest BCUT2D eigenvalue weighted by atomic mass is 10.1. The van der Waals surface area contributed by atoms with Gasteiger partial charge in [0.15, 0.2) is 12.5 Å². The molecule has 2 aliphatic heterocycles. The molecule has 4 heteroatoms. The van der Waals surface area contributed by atoms with Crippen LogP contribution in [0.25, 0.3) is 0 Å². The summed E-state index contributed by atoms with van der Waals surface area (Å²) < 4.78 is 13.2. The lowest BCUT2D eigenvalue weighted by Crippen LogP contribution is -2.51. The quantitative estimate of drug-likeness (QED) is 0.380. The number of hydrogen-bond acceptors (Lipinski definition) is 4. The minimum absolute atomic E-state index is 0.149. The number of rotatable bonds is 4. The van der Waals surface area contributed by atoms with Crippen molar-refractivity contribution in [2.75, 3.05) is 9.80 Å². The topological polar surface area (TPSA) is 24.9 Å². The van der Waals surface area contributed by atoms with Gasteiger partial charge in [-0.3, -0.25) is 0 Å². The molecule has 0 spiro atoms. The molecule has 164 valence electrons. The molecule has 2 aliphatic rings. The van der Waals surface area contributed by atoms with E-state index in [1.54, 1.807) is 0 Å². The predicted molar refractivity (Wildman–Crippen MR) is 132 cm³/mol. The first-order chi connectivity index (χ1) is 16.3. The summed E-state index contributed by atoms with van der Waals surface area (Å²) in [4.78, 5) is 4.69. The zero-order chi connectivity index (χ0) is 22.0. The van der Waals surface area contributed by atoms with Gasteiger partial charge in [-0.15, -0.1) is 0 Å². The van der Waals surface area contributed by atoms with Crippen LogP contribution in [0.3, 0.4) is 0 Å². The smallest absolute Gasteiger partial charge is 0.178 e. The number of benzene rings is 4. The van der Waals surface area contributed by atoms with E-state index in [2.05, 4.69) is 107 Å². The summed E-state index contributed by atoms with van der Waals surface area (Å²) in [6.45, 7) is 1.61. The van der Waals surface area contributed by atoms with Crippen LogP contribution >= 0.6 is 0 Å². The third-order valence-corrected chi connectivity index (χ3v) is 6.43. The number of fused-ring (bicyclic) bond motifs is 2. The molecular formula is C29H26N2O2.